The first kappa shape index (κ1) is 13.3. The fraction of sp³-hybridized carbons (Fsp3) is 1.00. The SMILES string of the molecule is CC(C)OCC(O)CNCC1CCCS1. The van der Waals surface area contributed by atoms with Crippen LogP contribution in [0.4, 0.5) is 0 Å². The Kier molecular flexibility index (Phi) is 6.64. The fourth-order valence-electron chi connectivity index (χ4n) is 1.58. The molecule has 0 aromatic rings. The minimum Gasteiger partial charge on any atom is -0.389 e. The van der Waals surface area contributed by atoms with Crippen LogP contribution >= 0.6 is 11.8 Å². The minimum absolute atomic E-state index is 0.199. The molecule has 1 aliphatic heterocycles. The molecule has 90 valence electrons. The highest BCUT2D eigenvalue weighted by Gasteiger charge is 2.15. The van der Waals surface area contributed by atoms with E-state index in [9.17, 15) is 5.11 Å². The van der Waals surface area contributed by atoms with Crippen LogP contribution in [0.5, 0.6) is 0 Å². The van der Waals surface area contributed by atoms with E-state index in [0.29, 0.717) is 13.2 Å². The Morgan fingerprint density at radius 2 is 2.33 bits per heavy atom. The minimum atomic E-state index is -0.376. The molecule has 2 N–H and O–H groups in total. The molecule has 0 amide bonds. The molecular weight excluding hydrogens is 210 g/mol. The third-order valence-electron chi connectivity index (χ3n) is 2.40. The molecule has 0 aromatic heterocycles. The standard InChI is InChI=1S/C11H23NO2S/c1-9(2)14-8-10(13)6-12-7-11-4-3-5-15-11/h9-13H,3-8H2,1-2H3. The van der Waals surface area contributed by atoms with Gasteiger partial charge in [-0.25, -0.2) is 0 Å². The summed E-state index contributed by atoms with van der Waals surface area (Å²) in [5.41, 5.74) is 0. The molecule has 0 spiro atoms. The Morgan fingerprint density at radius 3 is 2.93 bits per heavy atom. The van der Waals surface area contributed by atoms with Crippen LogP contribution in [0.25, 0.3) is 0 Å². The van der Waals surface area contributed by atoms with Gasteiger partial charge in [-0.1, -0.05) is 0 Å². The van der Waals surface area contributed by atoms with Crippen molar-refractivity contribution in [3.05, 3.63) is 0 Å². The Morgan fingerprint density at radius 1 is 1.53 bits per heavy atom. The Bertz CT molecular complexity index is 161. The Hall–Kier alpha value is 0.230. The first-order chi connectivity index (χ1) is 7.18. The van der Waals surface area contributed by atoms with Crippen LogP contribution in [0.3, 0.4) is 0 Å². The van der Waals surface area contributed by atoms with Gasteiger partial charge in [0.1, 0.15) is 0 Å². The van der Waals surface area contributed by atoms with Gasteiger partial charge in [0, 0.05) is 18.3 Å². The number of nitrogens with one attached hydrogen (secondary N) is 1. The number of rotatable bonds is 7. The average molecular weight is 233 g/mol. The van der Waals surface area contributed by atoms with Gasteiger partial charge in [-0.05, 0) is 32.4 Å². The molecule has 0 bridgehead atoms. The second-order valence-electron chi connectivity index (χ2n) is 4.33. The summed E-state index contributed by atoms with van der Waals surface area (Å²) in [5.74, 6) is 1.30. The van der Waals surface area contributed by atoms with Gasteiger partial charge < -0.3 is 15.2 Å². The van der Waals surface area contributed by atoms with E-state index in [1.54, 1.807) is 0 Å². The number of aliphatic hydroxyl groups is 1. The zero-order chi connectivity index (χ0) is 11.1. The van der Waals surface area contributed by atoms with Crippen LogP contribution in [-0.2, 0) is 4.74 Å². The maximum Gasteiger partial charge on any atom is 0.0897 e. The van der Waals surface area contributed by atoms with Crippen molar-refractivity contribution in [1.29, 1.82) is 0 Å². The zero-order valence-electron chi connectivity index (χ0n) is 9.74. The highest BCUT2D eigenvalue weighted by atomic mass is 32.2. The zero-order valence-corrected chi connectivity index (χ0v) is 10.6. The number of thioether (sulfide) groups is 1. The molecule has 0 radical (unpaired) electrons. The second-order valence-corrected chi connectivity index (χ2v) is 5.74. The maximum absolute atomic E-state index is 9.58. The summed E-state index contributed by atoms with van der Waals surface area (Å²) in [6, 6.07) is 0. The molecule has 1 fully saturated rings. The smallest absolute Gasteiger partial charge is 0.0897 e. The second kappa shape index (κ2) is 7.49. The topological polar surface area (TPSA) is 41.5 Å². The quantitative estimate of drug-likeness (QED) is 0.694. The van der Waals surface area contributed by atoms with Crippen LogP contribution in [-0.4, -0.2) is 48.0 Å². The first-order valence-corrected chi connectivity index (χ1v) is 6.85. The van der Waals surface area contributed by atoms with Crippen LogP contribution in [0.15, 0.2) is 0 Å². The van der Waals surface area contributed by atoms with Crippen LogP contribution in [0.1, 0.15) is 26.7 Å². The monoisotopic (exact) mass is 233 g/mol. The van der Waals surface area contributed by atoms with E-state index < -0.39 is 0 Å². The summed E-state index contributed by atoms with van der Waals surface area (Å²) in [5, 5.41) is 13.6. The van der Waals surface area contributed by atoms with Gasteiger partial charge in [-0.15, -0.1) is 0 Å². The molecule has 15 heavy (non-hydrogen) atoms. The molecule has 0 saturated carbocycles. The summed E-state index contributed by atoms with van der Waals surface area (Å²) in [4.78, 5) is 0. The average Bonchev–Trinajstić information content (AvgIpc) is 2.67. The number of hydrogen-bond acceptors (Lipinski definition) is 4. The fourth-order valence-corrected chi connectivity index (χ4v) is 2.81. The molecule has 1 rings (SSSR count). The first-order valence-electron chi connectivity index (χ1n) is 5.80. The summed E-state index contributed by atoms with van der Waals surface area (Å²) < 4.78 is 5.33. The molecule has 1 aliphatic rings. The van der Waals surface area contributed by atoms with E-state index in [-0.39, 0.29) is 12.2 Å². The van der Waals surface area contributed by atoms with E-state index in [2.05, 4.69) is 5.32 Å². The van der Waals surface area contributed by atoms with E-state index >= 15 is 0 Å². The van der Waals surface area contributed by atoms with Gasteiger partial charge in [0.25, 0.3) is 0 Å². The lowest BCUT2D eigenvalue weighted by Gasteiger charge is -2.15. The van der Waals surface area contributed by atoms with E-state index in [1.807, 2.05) is 25.6 Å². The van der Waals surface area contributed by atoms with Crippen molar-refractivity contribution in [3.8, 4) is 0 Å². The van der Waals surface area contributed by atoms with Crippen LogP contribution in [0.2, 0.25) is 0 Å². The molecule has 1 saturated heterocycles. The molecule has 0 aromatic carbocycles. The summed E-state index contributed by atoms with van der Waals surface area (Å²) in [7, 11) is 0. The summed E-state index contributed by atoms with van der Waals surface area (Å²) >= 11 is 2.04. The third-order valence-corrected chi connectivity index (χ3v) is 3.80. The summed E-state index contributed by atoms with van der Waals surface area (Å²) in [6.07, 6.45) is 2.48. The summed E-state index contributed by atoms with van der Waals surface area (Å²) in [6.45, 7) is 6.06. The molecule has 2 atom stereocenters. The molecule has 1 heterocycles. The molecule has 2 unspecified atom stereocenters. The highest BCUT2D eigenvalue weighted by Crippen LogP contribution is 2.25. The van der Waals surface area contributed by atoms with Gasteiger partial charge in [-0.2, -0.15) is 11.8 Å². The Labute approximate surface area is 97.0 Å². The Balaban J connectivity index is 1.93. The number of ether oxygens (including phenoxy) is 1. The molecular formula is C11H23NO2S. The van der Waals surface area contributed by atoms with Crippen molar-refractivity contribution in [2.75, 3.05) is 25.4 Å². The lowest BCUT2D eigenvalue weighted by atomic mass is 10.2. The van der Waals surface area contributed by atoms with Crippen molar-refractivity contribution in [2.45, 2.75) is 44.1 Å². The van der Waals surface area contributed by atoms with Gasteiger partial charge >= 0.3 is 0 Å². The number of aliphatic hydroxyl groups excluding tert-OH is 1. The van der Waals surface area contributed by atoms with Crippen molar-refractivity contribution in [1.82, 2.24) is 5.32 Å². The lowest BCUT2D eigenvalue weighted by Crippen LogP contribution is -2.34. The van der Waals surface area contributed by atoms with E-state index in [4.69, 9.17) is 4.74 Å². The van der Waals surface area contributed by atoms with Crippen molar-refractivity contribution < 1.29 is 9.84 Å². The normalized spacial score (nSPS) is 23.6. The van der Waals surface area contributed by atoms with Crippen LogP contribution < -0.4 is 5.32 Å². The van der Waals surface area contributed by atoms with E-state index in [1.165, 1.54) is 18.6 Å². The molecule has 0 aliphatic carbocycles. The van der Waals surface area contributed by atoms with Gasteiger partial charge in [0.05, 0.1) is 18.8 Å². The maximum atomic E-state index is 9.58. The van der Waals surface area contributed by atoms with Gasteiger partial charge in [-0.3, -0.25) is 0 Å². The highest BCUT2D eigenvalue weighted by molar-refractivity contribution is 8.00. The van der Waals surface area contributed by atoms with E-state index in [0.717, 1.165) is 11.8 Å². The molecule has 4 heteroatoms. The molecule has 3 nitrogen and oxygen atoms in total. The van der Waals surface area contributed by atoms with Gasteiger partial charge in [0.2, 0.25) is 0 Å². The third kappa shape index (κ3) is 6.40. The number of hydrogen-bond donors (Lipinski definition) is 2. The predicted octanol–water partition coefficient (Wildman–Crippen LogP) is 1.26. The lowest BCUT2D eigenvalue weighted by molar-refractivity contribution is 0.00650. The van der Waals surface area contributed by atoms with Crippen LogP contribution in [0, 0.1) is 0 Å². The van der Waals surface area contributed by atoms with Crippen molar-refractivity contribution in [2.24, 2.45) is 0 Å². The van der Waals surface area contributed by atoms with Crippen molar-refractivity contribution in [3.63, 3.8) is 0 Å². The predicted molar refractivity (Wildman–Crippen MR) is 65.4 cm³/mol. The van der Waals surface area contributed by atoms with Gasteiger partial charge in [0.15, 0.2) is 0 Å². The van der Waals surface area contributed by atoms with Crippen molar-refractivity contribution >= 4 is 11.8 Å². The largest absolute Gasteiger partial charge is 0.389 e.